The number of hydrogen-bond acceptors (Lipinski definition) is 0. The molecule has 1 nitrogen and oxygen atoms in total. The van der Waals surface area contributed by atoms with Crippen LogP contribution in [0.5, 0.6) is 0 Å². The van der Waals surface area contributed by atoms with Crippen LogP contribution in [0, 0.1) is 0 Å². The highest BCUT2D eigenvalue weighted by molar-refractivity contribution is 6.32. The van der Waals surface area contributed by atoms with Crippen molar-refractivity contribution in [1.29, 1.82) is 0 Å². The molecule has 0 saturated heterocycles. The Morgan fingerprint density at radius 1 is 0.415 bits per heavy atom. The summed E-state index contributed by atoms with van der Waals surface area (Å²) in [7, 11) is 0. The first-order valence-electron chi connectivity index (χ1n) is 18.7. The van der Waals surface area contributed by atoms with E-state index in [-0.39, 0.29) is 11.3 Å². The van der Waals surface area contributed by atoms with Crippen LogP contribution in [0.1, 0.15) is 47.6 Å². The first-order chi connectivity index (χ1) is 26.1. The Labute approximate surface area is 309 Å². The summed E-state index contributed by atoms with van der Waals surface area (Å²) in [6.45, 7) is 4.74. The molecule has 1 heterocycles. The van der Waals surface area contributed by atoms with E-state index in [1.807, 2.05) is 0 Å². The maximum Gasteiger partial charge on any atom is 0.0625 e. The van der Waals surface area contributed by atoms with Gasteiger partial charge in [-0.25, -0.2) is 0 Å². The van der Waals surface area contributed by atoms with Gasteiger partial charge in [-0.1, -0.05) is 172 Å². The number of rotatable bonds is 4. The number of nitrogens with zero attached hydrogens (tertiary/aromatic N) is 1. The van der Waals surface area contributed by atoms with Gasteiger partial charge in [-0.05, 0) is 90.1 Å². The number of aromatic nitrogens is 1. The topological polar surface area (TPSA) is 4.93 Å². The molecule has 1 heteroatoms. The largest absolute Gasteiger partial charge is 0.309 e. The summed E-state index contributed by atoms with van der Waals surface area (Å²) in [5.41, 5.74) is 13.0. The first kappa shape index (κ1) is 30.2. The normalized spacial score (nSPS) is 13.9. The van der Waals surface area contributed by atoms with Gasteiger partial charge in [0, 0.05) is 33.2 Å². The van der Waals surface area contributed by atoms with E-state index in [0.717, 1.165) is 0 Å². The van der Waals surface area contributed by atoms with E-state index in [9.17, 15) is 0 Å². The molecule has 0 radical (unpaired) electrons. The van der Waals surface area contributed by atoms with E-state index in [2.05, 4.69) is 200 Å². The van der Waals surface area contributed by atoms with E-state index >= 15 is 0 Å². The van der Waals surface area contributed by atoms with Crippen molar-refractivity contribution in [3.8, 4) is 16.8 Å². The van der Waals surface area contributed by atoms with Crippen LogP contribution in [-0.4, -0.2) is 4.57 Å². The summed E-state index contributed by atoms with van der Waals surface area (Å²) >= 11 is 0. The highest BCUT2D eigenvalue weighted by Gasteiger charge is 2.36. The van der Waals surface area contributed by atoms with Crippen LogP contribution in [0.25, 0.3) is 70.9 Å². The van der Waals surface area contributed by atoms with Crippen LogP contribution in [0.4, 0.5) is 0 Å². The zero-order valence-corrected chi connectivity index (χ0v) is 29.8. The molecule has 0 spiro atoms. The van der Waals surface area contributed by atoms with E-state index in [1.54, 1.807) is 0 Å². The molecule has 1 aromatic heterocycles. The quantitative estimate of drug-likeness (QED) is 0.129. The second-order valence-electron chi connectivity index (χ2n) is 15.3. The molecule has 11 rings (SSSR count). The van der Waals surface area contributed by atoms with E-state index in [0.29, 0.717) is 0 Å². The fourth-order valence-corrected chi connectivity index (χ4v) is 9.57. The molecule has 0 amide bonds. The summed E-state index contributed by atoms with van der Waals surface area (Å²) in [5, 5.41) is 10.3. The molecule has 0 bridgehead atoms. The Bertz CT molecular complexity index is 3070. The van der Waals surface area contributed by atoms with Gasteiger partial charge < -0.3 is 4.57 Å². The smallest absolute Gasteiger partial charge is 0.0625 e. The molecule has 1 atom stereocenters. The molecular formula is C52H37N. The molecule has 1 unspecified atom stereocenters. The summed E-state index contributed by atoms with van der Waals surface area (Å²) in [6.07, 6.45) is 0. The number of hydrogen-bond donors (Lipinski definition) is 0. The Hall–Kier alpha value is -6.44. The van der Waals surface area contributed by atoms with Gasteiger partial charge in [0.15, 0.2) is 0 Å². The molecule has 1 aliphatic rings. The van der Waals surface area contributed by atoms with Crippen LogP contribution in [0.3, 0.4) is 0 Å². The second-order valence-corrected chi connectivity index (χ2v) is 15.3. The Balaban J connectivity index is 1.14. The fourth-order valence-electron chi connectivity index (χ4n) is 9.57. The molecule has 53 heavy (non-hydrogen) atoms. The van der Waals surface area contributed by atoms with Gasteiger partial charge >= 0.3 is 0 Å². The maximum atomic E-state index is 2.52. The van der Waals surface area contributed by atoms with Crippen LogP contribution in [0.2, 0.25) is 0 Å². The Morgan fingerprint density at radius 2 is 0.981 bits per heavy atom. The average Bonchev–Trinajstić information content (AvgIpc) is 3.66. The number of fused-ring (bicyclic) bond motifs is 12. The van der Waals surface area contributed by atoms with E-state index < -0.39 is 0 Å². The van der Waals surface area contributed by atoms with Crippen LogP contribution < -0.4 is 0 Å². The van der Waals surface area contributed by atoms with Gasteiger partial charge in [-0.15, -0.1) is 0 Å². The van der Waals surface area contributed by atoms with Gasteiger partial charge in [0.1, 0.15) is 0 Å². The monoisotopic (exact) mass is 675 g/mol. The molecule has 0 N–H and O–H groups in total. The van der Waals surface area contributed by atoms with Crippen molar-refractivity contribution in [3.63, 3.8) is 0 Å². The van der Waals surface area contributed by atoms with Gasteiger partial charge in [-0.3, -0.25) is 0 Å². The van der Waals surface area contributed by atoms with Gasteiger partial charge in [0.2, 0.25) is 0 Å². The Kier molecular flexibility index (Phi) is 6.43. The molecule has 1 aliphatic carbocycles. The minimum atomic E-state index is -0.0549. The van der Waals surface area contributed by atoms with Gasteiger partial charge in [0.05, 0.1) is 11.0 Å². The standard InChI is InChI=1S/C52H37N/c1-52(2)46-23-13-12-20-41(46)42-29-26-37(31-47(42)52)49(33-14-4-3-5-15-33)34-24-27-38(28-25-34)53-48-32-36-17-7-6-16-35(36)30-45(48)50-43-21-10-8-18-39(43)40-19-9-11-22-44(40)51(50)53/h3-32,49H,1-2H3. The lowest BCUT2D eigenvalue weighted by Gasteiger charge is -2.25. The average molecular weight is 676 g/mol. The van der Waals surface area contributed by atoms with E-state index in [4.69, 9.17) is 0 Å². The molecule has 0 saturated carbocycles. The molecular weight excluding hydrogens is 639 g/mol. The lowest BCUT2D eigenvalue weighted by Crippen LogP contribution is -2.15. The van der Waals surface area contributed by atoms with E-state index in [1.165, 1.54) is 98.8 Å². The lowest BCUT2D eigenvalue weighted by atomic mass is 9.79. The fraction of sp³-hybridized carbons (Fsp3) is 0.0769. The zero-order chi connectivity index (χ0) is 35.3. The van der Waals surface area contributed by atoms with Crippen LogP contribution in [-0.2, 0) is 5.41 Å². The predicted octanol–water partition coefficient (Wildman–Crippen LogP) is 13.7. The van der Waals surface area contributed by atoms with Crippen molar-refractivity contribution in [2.45, 2.75) is 25.2 Å². The minimum absolute atomic E-state index is 0.0549. The summed E-state index contributed by atoms with van der Waals surface area (Å²) in [6, 6.07) is 67.9. The van der Waals surface area contributed by atoms with Gasteiger partial charge in [0.25, 0.3) is 0 Å². The van der Waals surface area contributed by atoms with Crippen molar-refractivity contribution < 1.29 is 0 Å². The van der Waals surface area contributed by atoms with Crippen molar-refractivity contribution in [2.75, 3.05) is 0 Å². The molecule has 250 valence electrons. The summed E-state index contributed by atoms with van der Waals surface area (Å²) in [4.78, 5) is 0. The lowest BCUT2D eigenvalue weighted by molar-refractivity contribution is 0.659. The third-order valence-corrected chi connectivity index (χ3v) is 12.1. The third-order valence-electron chi connectivity index (χ3n) is 12.1. The molecule has 9 aromatic carbocycles. The molecule has 10 aromatic rings. The van der Waals surface area contributed by atoms with Crippen LogP contribution >= 0.6 is 0 Å². The highest BCUT2D eigenvalue weighted by atomic mass is 15.0. The first-order valence-corrected chi connectivity index (χ1v) is 18.7. The highest BCUT2D eigenvalue weighted by Crippen LogP contribution is 2.50. The summed E-state index contributed by atoms with van der Waals surface area (Å²) < 4.78 is 2.52. The predicted molar refractivity (Wildman–Crippen MR) is 225 cm³/mol. The zero-order valence-electron chi connectivity index (χ0n) is 29.8. The molecule has 0 aliphatic heterocycles. The second kappa shape index (κ2) is 11.3. The summed E-state index contributed by atoms with van der Waals surface area (Å²) in [5.74, 6) is 0.0990. The van der Waals surface area contributed by atoms with Crippen molar-refractivity contribution in [1.82, 2.24) is 4.57 Å². The Morgan fingerprint density at radius 3 is 1.75 bits per heavy atom. The van der Waals surface area contributed by atoms with Crippen molar-refractivity contribution in [2.24, 2.45) is 0 Å². The third kappa shape index (κ3) is 4.38. The van der Waals surface area contributed by atoms with Gasteiger partial charge in [-0.2, -0.15) is 0 Å². The minimum Gasteiger partial charge on any atom is -0.309 e. The number of benzene rings is 9. The SMILES string of the molecule is CC1(C)c2ccccc2-c2ccc(C(c3ccccc3)c3ccc(-n4c5cc6ccccc6cc5c5c6ccccc6c6ccccc6c54)cc3)cc21. The maximum absolute atomic E-state index is 2.52. The van der Waals surface area contributed by atoms with Crippen molar-refractivity contribution >= 4 is 54.1 Å². The van der Waals surface area contributed by atoms with Crippen molar-refractivity contribution in [3.05, 3.63) is 210 Å². The molecule has 0 fully saturated rings. The van der Waals surface area contributed by atoms with Crippen LogP contribution in [0.15, 0.2) is 182 Å².